The highest BCUT2D eigenvalue weighted by Crippen LogP contribution is 2.30. The largest absolute Gasteiger partial charge is 0.480 e. The van der Waals surface area contributed by atoms with Gasteiger partial charge in [-0.25, -0.2) is 4.79 Å². The molecule has 3 nitrogen and oxygen atoms in total. The molecule has 0 aromatic heterocycles. The Morgan fingerprint density at radius 2 is 1.65 bits per heavy atom. The summed E-state index contributed by atoms with van der Waals surface area (Å²) < 4.78 is 5.64. The van der Waals surface area contributed by atoms with E-state index >= 15 is 0 Å². The zero-order valence-electron chi connectivity index (χ0n) is 11.7. The third-order valence-corrected chi connectivity index (χ3v) is 3.28. The second-order valence-electron chi connectivity index (χ2n) is 4.80. The Balaban J connectivity index is 2.43. The molecule has 1 atom stereocenters. The van der Waals surface area contributed by atoms with E-state index in [0.29, 0.717) is 0 Å². The molecule has 0 heterocycles. The normalized spacial score (nSPS) is 12.1. The Morgan fingerprint density at radius 3 is 2.20 bits per heavy atom. The first-order chi connectivity index (χ1) is 9.59. The number of carbonyl (C=O) groups is 1. The van der Waals surface area contributed by atoms with Crippen molar-refractivity contribution in [1.29, 1.82) is 0 Å². The third-order valence-electron chi connectivity index (χ3n) is 3.28. The average Bonchev–Trinajstić information content (AvgIpc) is 2.42. The molecule has 0 saturated carbocycles. The van der Waals surface area contributed by atoms with E-state index in [1.54, 1.807) is 0 Å². The molecule has 0 amide bonds. The van der Waals surface area contributed by atoms with Crippen LogP contribution in [0.5, 0.6) is 0 Å². The molecular formula is C17H18O3. The predicted molar refractivity (Wildman–Crippen MR) is 77.8 cm³/mol. The Bertz CT molecular complexity index is 570. The predicted octanol–water partition coefficient (Wildman–Crippen LogP) is 3.49. The first kappa shape index (κ1) is 14.3. The highest BCUT2D eigenvalue weighted by molar-refractivity contribution is 5.68. The Morgan fingerprint density at radius 1 is 1.05 bits per heavy atom. The molecule has 0 radical (unpaired) electrons. The minimum atomic E-state index is -0.961. The second kappa shape index (κ2) is 6.35. The van der Waals surface area contributed by atoms with Crippen LogP contribution in [0.25, 0.3) is 0 Å². The summed E-state index contributed by atoms with van der Waals surface area (Å²) >= 11 is 0. The van der Waals surface area contributed by atoms with E-state index in [2.05, 4.69) is 0 Å². The smallest absolute Gasteiger partial charge is 0.329 e. The maximum absolute atomic E-state index is 10.8. The Kier molecular flexibility index (Phi) is 4.53. The van der Waals surface area contributed by atoms with Gasteiger partial charge in [-0.15, -0.1) is 0 Å². The lowest BCUT2D eigenvalue weighted by molar-refractivity contribution is -0.143. The van der Waals surface area contributed by atoms with E-state index in [9.17, 15) is 4.79 Å². The molecule has 1 unspecified atom stereocenters. The molecule has 0 spiro atoms. The molecule has 2 aromatic rings. The maximum Gasteiger partial charge on any atom is 0.329 e. The van der Waals surface area contributed by atoms with Gasteiger partial charge in [0.1, 0.15) is 12.7 Å². The zero-order chi connectivity index (χ0) is 14.5. The fourth-order valence-corrected chi connectivity index (χ4v) is 2.37. The van der Waals surface area contributed by atoms with Crippen LogP contribution in [-0.4, -0.2) is 17.7 Å². The van der Waals surface area contributed by atoms with Crippen molar-refractivity contribution in [2.45, 2.75) is 20.0 Å². The van der Waals surface area contributed by atoms with Gasteiger partial charge in [0.2, 0.25) is 0 Å². The molecule has 1 N–H and O–H groups in total. The van der Waals surface area contributed by atoms with Gasteiger partial charge in [-0.3, -0.25) is 0 Å². The average molecular weight is 270 g/mol. The van der Waals surface area contributed by atoms with Gasteiger partial charge in [-0.05, 0) is 36.1 Å². The lowest BCUT2D eigenvalue weighted by atomic mass is 9.93. The number of aliphatic carboxylic acids is 1. The first-order valence-electron chi connectivity index (χ1n) is 6.54. The van der Waals surface area contributed by atoms with Crippen molar-refractivity contribution in [3.8, 4) is 0 Å². The summed E-state index contributed by atoms with van der Waals surface area (Å²) in [5.41, 5.74) is 4.21. The van der Waals surface area contributed by atoms with Crippen molar-refractivity contribution in [2.75, 3.05) is 6.61 Å². The number of aryl methyl sites for hydroxylation is 2. The van der Waals surface area contributed by atoms with E-state index in [1.165, 1.54) is 0 Å². The van der Waals surface area contributed by atoms with E-state index in [1.807, 2.05) is 62.4 Å². The van der Waals surface area contributed by atoms with Crippen molar-refractivity contribution >= 4 is 5.97 Å². The molecule has 3 heteroatoms. The topological polar surface area (TPSA) is 46.5 Å². The van der Waals surface area contributed by atoms with Crippen molar-refractivity contribution in [3.63, 3.8) is 0 Å². The highest BCUT2D eigenvalue weighted by atomic mass is 16.5. The molecule has 104 valence electrons. The lowest BCUT2D eigenvalue weighted by Gasteiger charge is -2.22. The van der Waals surface area contributed by atoms with Gasteiger partial charge in [0.25, 0.3) is 0 Å². The molecule has 0 aliphatic carbocycles. The molecule has 2 rings (SSSR count). The van der Waals surface area contributed by atoms with Gasteiger partial charge >= 0.3 is 5.97 Å². The third kappa shape index (κ3) is 3.25. The lowest BCUT2D eigenvalue weighted by Crippen LogP contribution is -2.15. The fourth-order valence-electron chi connectivity index (χ4n) is 2.37. The summed E-state index contributed by atoms with van der Waals surface area (Å²) in [6, 6.07) is 15.7. The van der Waals surface area contributed by atoms with E-state index in [4.69, 9.17) is 9.84 Å². The van der Waals surface area contributed by atoms with Gasteiger partial charge in [-0.2, -0.15) is 0 Å². The summed E-state index contributed by atoms with van der Waals surface area (Å²) in [5.74, 6) is -0.961. The number of carboxylic acid groups (broad SMARTS) is 1. The molecular weight excluding hydrogens is 252 g/mol. The standard InChI is InChI=1S/C17H18O3/c1-12-7-6-8-13(2)16(12)17(20-11-15(18)19)14-9-4-3-5-10-14/h3-10,17H,11H2,1-2H3,(H,18,19). The summed E-state index contributed by atoms with van der Waals surface area (Å²) in [7, 11) is 0. The van der Waals surface area contributed by atoms with Gasteiger partial charge in [-0.1, -0.05) is 48.5 Å². The minimum absolute atomic E-state index is 0.312. The van der Waals surface area contributed by atoms with Crippen LogP contribution >= 0.6 is 0 Å². The van der Waals surface area contributed by atoms with Crippen molar-refractivity contribution in [1.82, 2.24) is 0 Å². The highest BCUT2D eigenvalue weighted by Gasteiger charge is 2.19. The van der Waals surface area contributed by atoms with E-state index in [0.717, 1.165) is 22.3 Å². The molecule has 2 aromatic carbocycles. The van der Waals surface area contributed by atoms with Crippen LogP contribution in [0.3, 0.4) is 0 Å². The van der Waals surface area contributed by atoms with Crippen LogP contribution in [0, 0.1) is 13.8 Å². The summed E-state index contributed by atoms with van der Waals surface area (Å²) in [5, 5.41) is 8.87. The Labute approximate surface area is 118 Å². The summed E-state index contributed by atoms with van der Waals surface area (Å²) in [4.78, 5) is 10.8. The number of rotatable bonds is 5. The number of hydrogen-bond donors (Lipinski definition) is 1. The van der Waals surface area contributed by atoms with Crippen LogP contribution in [0.1, 0.15) is 28.4 Å². The number of hydrogen-bond acceptors (Lipinski definition) is 2. The van der Waals surface area contributed by atoms with Crippen molar-refractivity contribution in [3.05, 3.63) is 70.8 Å². The summed E-state index contributed by atoms with van der Waals surface area (Å²) in [6.07, 6.45) is -0.353. The van der Waals surface area contributed by atoms with Crippen molar-refractivity contribution in [2.24, 2.45) is 0 Å². The number of ether oxygens (including phenoxy) is 1. The second-order valence-corrected chi connectivity index (χ2v) is 4.80. The van der Waals surface area contributed by atoms with E-state index in [-0.39, 0.29) is 12.7 Å². The molecule has 0 aliphatic heterocycles. The van der Waals surface area contributed by atoms with Crippen LogP contribution < -0.4 is 0 Å². The van der Waals surface area contributed by atoms with Crippen LogP contribution in [0.2, 0.25) is 0 Å². The van der Waals surface area contributed by atoms with Crippen LogP contribution in [-0.2, 0) is 9.53 Å². The van der Waals surface area contributed by atoms with Crippen LogP contribution in [0.4, 0.5) is 0 Å². The minimum Gasteiger partial charge on any atom is -0.480 e. The Hall–Kier alpha value is -2.13. The first-order valence-corrected chi connectivity index (χ1v) is 6.54. The van der Waals surface area contributed by atoms with E-state index < -0.39 is 5.97 Å². The molecule has 0 saturated heterocycles. The zero-order valence-corrected chi connectivity index (χ0v) is 11.7. The molecule has 0 aliphatic rings. The van der Waals surface area contributed by atoms with Crippen LogP contribution in [0.15, 0.2) is 48.5 Å². The molecule has 20 heavy (non-hydrogen) atoms. The fraction of sp³-hybridized carbons (Fsp3) is 0.235. The quantitative estimate of drug-likeness (QED) is 0.904. The van der Waals surface area contributed by atoms with Gasteiger partial charge in [0.15, 0.2) is 0 Å². The maximum atomic E-state index is 10.8. The number of carboxylic acids is 1. The van der Waals surface area contributed by atoms with Gasteiger partial charge < -0.3 is 9.84 Å². The SMILES string of the molecule is Cc1cccc(C)c1C(OCC(=O)O)c1ccccc1. The number of benzene rings is 2. The monoisotopic (exact) mass is 270 g/mol. The molecule has 0 fully saturated rings. The van der Waals surface area contributed by atoms with Gasteiger partial charge in [0.05, 0.1) is 0 Å². The van der Waals surface area contributed by atoms with Gasteiger partial charge in [0, 0.05) is 0 Å². The van der Waals surface area contributed by atoms with Crippen molar-refractivity contribution < 1.29 is 14.6 Å². The summed E-state index contributed by atoms with van der Waals surface area (Å²) in [6.45, 7) is 3.72. The molecule has 0 bridgehead atoms.